The first-order chi connectivity index (χ1) is 8.79. The summed E-state index contributed by atoms with van der Waals surface area (Å²) in [5, 5.41) is 8.62. The van der Waals surface area contributed by atoms with Crippen LogP contribution in [0.25, 0.3) is 0 Å². The maximum absolute atomic E-state index is 13.6. The molecule has 18 heavy (non-hydrogen) atoms. The summed E-state index contributed by atoms with van der Waals surface area (Å²) in [6.07, 6.45) is 1.69. The molecule has 0 aromatic heterocycles. The molecule has 0 amide bonds. The van der Waals surface area contributed by atoms with E-state index in [2.05, 4.69) is 11.8 Å². The minimum Gasteiger partial charge on any atom is -0.485 e. The van der Waals surface area contributed by atoms with Gasteiger partial charge in [0.05, 0.1) is 6.61 Å². The molecule has 1 aliphatic rings. The Kier molecular flexibility index (Phi) is 4.57. The first-order valence-corrected chi connectivity index (χ1v) is 5.93. The van der Waals surface area contributed by atoms with Gasteiger partial charge in [-0.25, -0.2) is 4.39 Å². The summed E-state index contributed by atoms with van der Waals surface area (Å²) in [6.45, 7) is 1.01. The summed E-state index contributed by atoms with van der Waals surface area (Å²) in [5.74, 6) is 5.02. The van der Waals surface area contributed by atoms with Gasteiger partial charge in [0.15, 0.2) is 11.6 Å². The van der Waals surface area contributed by atoms with Crippen molar-refractivity contribution in [2.75, 3.05) is 19.8 Å². The zero-order valence-corrected chi connectivity index (χ0v) is 9.99. The summed E-state index contributed by atoms with van der Waals surface area (Å²) >= 11 is 0. The standard InChI is InChI=1S/C14H15FO3/c15-13-6-5-11(3-1-7-16)9-14(13)18-12-4-2-8-17-10-12/h5-6,9,12,16H,2,4,7-8,10H2. The zero-order valence-electron chi connectivity index (χ0n) is 9.99. The molecule has 1 N–H and O–H groups in total. The molecule has 0 saturated carbocycles. The number of hydrogen-bond acceptors (Lipinski definition) is 3. The Morgan fingerprint density at radius 3 is 3.11 bits per heavy atom. The van der Waals surface area contributed by atoms with E-state index in [0.717, 1.165) is 19.4 Å². The Labute approximate surface area is 106 Å². The third-order valence-corrected chi connectivity index (χ3v) is 2.66. The number of rotatable bonds is 2. The van der Waals surface area contributed by atoms with E-state index >= 15 is 0 Å². The van der Waals surface area contributed by atoms with Gasteiger partial charge < -0.3 is 14.6 Å². The molecular weight excluding hydrogens is 235 g/mol. The lowest BCUT2D eigenvalue weighted by Gasteiger charge is -2.23. The van der Waals surface area contributed by atoms with Gasteiger partial charge in [0, 0.05) is 12.2 Å². The van der Waals surface area contributed by atoms with Crippen molar-refractivity contribution < 1.29 is 19.0 Å². The van der Waals surface area contributed by atoms with Crippen molar-refractivity contribution in [1.82, 2.24) is 0 Å². The third-order valence-electron chi connectivity index (χ3n) is 2.66. The maximum atomic E-state index is 13.6. The van der Waals surface area contributed by atoms with Crippen molar-refractivity contribution in [2.24, 2.45) is 0 Å². The van der Waals surface area contributed by atoms with Crippen LogP contribution < -0.4 is 4.74 Å². The lowest BCUT2D eigenvalue weighted by atomic mass is 10.1. The molecule has 4 heteroatoms. The fourth-order valence-electron chi connectivity index (χ4n) is 1.80. The normalized spacial score (nSPS) is 18.9. The van der Waals surface area contributed by atoms with Crippen LogP contribution in [0.3, 0.4) is 0 Å². The first kappa shape index (κ1) is 12.9. The van der Waals surface area contributed by atoms with Crippen LogP contribution in [0.1, 0.15) is 18.4 Å². The number of hydrogen-bond donors (Lipinski definition) is 1. The minimum atomic E-state index is -0.407. The molecule has 1 atom stereocenters. The second-order valence-electron chi connectivity index (χ2n) is 4.06. The SMILES string of the molecule is OCC#Cc1ccc(F)c(OC2CCCOC2)c1. The second kappa shape index (κ2) is 6.39. The summed E-state index contributed by atoms with van der Waals surface area (Å²) < 4.78 is 24.4. The molecule has 1 unspecified atom stereocenters. The maximum Gasteiger partial charge on any atom is 0.165 e. The van der Waals surface area contributed by atoms with E-state index in [4.69, 9.17) is 14.6 Å². The van der Waals surface area contributed by atoms with E-state index in [-0.39, 0.29) is 18.5 Å². The summed E-state index contributed by atoms with van der Waals surface area (Å²) in [4.78, 5) is 0. The highest BCUT2D eigenvalue weighted by atomic mass is 19.1. The minimum absolute atomic E-state index is 0.102. The molecule has 96 valence electrons. The molecule has 0 aliphatic carbocycles. The number of aliphatic hydroxyl groups excluding tert-OH is 1. The van der Waals surface area contributed by atoms with Crippen molar-refractivity contribution in [3.8, 4) is 17.6 Å². The van der Waals surface area contributed by atoms with Crippen molar-refractivity contribution in [3.05, 3.63) is 29.6 Å². The Morgan fingerprint density at radius 2 is 2.39 bits per heavy atom. The highest BCUT2D eigenvalue weighted by Crippen LogP contribution is 2.22. The number of ether oxygens (including phenoxy) is 2. The summed E-state index contributed by atoms with van der Waals surface area (Å²) in [6, 6.07) is 4.43. The molecule has 0 spiro atoms. The van der Waals surface area contributed by atoms with Gasteiger partial charge in [-0.3, -0.25) is 0 Å². The van der Waals surface area contributed by atoms with Crippen molar-refractivity contribution in [2.45, 2.75) is 18.9 Å². The number of halogens is 1. The largest absolute Gasteiger partial charge is 0.485 e. The van der Waals surface area contributed by atoms with Crippen LogP contribution in [0, 0.1) is 17.7 Å². The summed E-state index contributed by atoms with van der Waals surface area (Å²) in [5.41, 5.74) is 0.622. The monoisotopic (exact) mass is 250 g/mol. The van der Waals surface area contributed by atoms with Crippen LogP contribution in [-0.4, -0.2) is 31.0 Å². The molecule has 1 heterocycles. The average Bonchev–Trinajstić information content (AvgIpc) is 2.41. The predicted octanol–water partition coefficient (Wildman–Crippen LogP) is 1.73. The molecule has 1 aliphatic heterocycles. The van der Waals surface area contributed by atoms with Gasteiger partial charge in [0.1, 0.15) is 12.7 Å². The second-order valence-corrected chi connectivity index (χ2v) is 4.06. The Morgan fingerprint density at radius 1 is 1.50 bits per heavy atom. The molecule has 2 rings (SSSR count). The van der Waals surface area contributed by atoms with E-state index in [1.165, 1.54) is 6.07 Å². The van der Waals surface area contributed by atoms with E-state index in [9.17, 15) is 4.39 Å². The van der Waals surface area contributed by atoms with E-state index < -0.39 is 5.82 Å². The van der Waals surface area contributed by atoms with Crippen LogP contribution in [0.5, 0.6) is 5.75 Å². The van der Waals surface area contributed by atoms with E-state index in [1.807, 2.05) is 0 Å². The van der Waals surface area contributed by atoms with Crippen LogP contribution in [0.4, 0.5) is 4.39 Å². The van der Waals surface area contributed by atoms with E-state index in [0.29, 0.717) is 12.2 Å². The van der Waals surface area contributed by atoms with Gasteiger partial charge in [0.25, 0.3) is 0 Å². The van der Waals surface area contributed by atoms with E-state index in [1.54, 1.807) is 12.1 Å². The molecule has 1 saturated heterocycles. The first-order valence-electron chi connectivity index (χ1n) is 5.93. The van der Waals surface area contributed by atoms with Crippen LogP contribution in [0.2, 0.25) is 0 Å². The number of aliphatic hydroxyl groups is 1. The fourth-order valence-corrected chi connectivity index (χ4v) is 1.80. The molecule has 1 fully saturated rings. The molecule has 0 bridgehead atoms. The van der Waals surface area contributed by atoms with Gasteiger partial charge in [0.2, 0.25) is 0 Å². The average molecular weight is 250 g/mol. The van der Waals surface area contributed by atoms with Crippen LogP contribution in [0.15, 0.2) is 18.2 Å². The smallest absolute Gasteiger partial charge is 0.165 e. The summed E-state index contributed by atoms with van der Waals surface area (Å²) in [7, 11) is 0. The molecule has 0 radical (unpaired) electrons. The Hall–Kier alpha value is -1.57. The highest BCUT2D eigenvalue weighted by Gasteiger charge is 2.17. The van der Waals surface area contributed by atoms with Gasteiger partial charge >= 0.3 is 0 Å². The predicted molar refractivity (Wildman–Crippen MR) is 64.8 cm³/mol. The Bertz CT molecular complexity index is 456. The van der Waals surface area contributed by atoms with Gasteiger partial charge in [-0.05, 0) is 31.0 Å². The van der Waals surface area contributed by atoms with Gasteiger partial charge in [-0.2, -0.15) is 0 Å². The topological polar surface area (TPSA) is 38.7 Å². The highest BCUT2D eigenvalue weighted by molar-refractivity contribution is 5.40. The quantitative estimate of drug-likeness (QED) is 0.812. The van der Waals surface area contributed by atoms with Crippen molar-refractivity contribution in [1.29, 1.82) is 0 Å². The lowest BCUT2D eigenvalue weighted by molar-refractivity contribution is 0.00587. The van der Waals surface area contributed by atoms with Crippen molar-refractivity contribution >= 4 is 0 Å². The third kappa shape index (κ3) is 3.46. The van der Waals surface area contributed by atoms with Crippen LogP contribution >= 0.6 is 0 Å². The molecule has 1 aromatic rings. The van der Waals surface area contributed by atoms with Crippen molar-refractivity contribution in [3.63, 3.8) is 0 Å². The fraction of sp³-hybridized carbons (Fsp3) is 0.429. The molecular formula is C14H15FO3. The Balaban J connectivity index is 2.10. The van der Waals surface area contributed by atoms with Gasteiger partial charge in [-0.1, -0.05) is 11.8 Å². The lowest BCUT2D eigenvalue weighted by Crippen LogP contribution is -2.28. The van der Waals surface area contributed by atoms with Gasteiger partial charge in [-0.15, -0.1) is 0 Å². The number of benzene rings is 1. The molecule has 3 nitrogen and oxygen atoms in total. The molecule has 1 aromatic carbocycles. The van der Waals surface area contributed by atoms with Crippen LogP contribution in [-0.2, 0) is 4.74 Å². The zero-order chi connectivity index (χ0) is 12.8.